The molecule has 1 N–H and O–H groups in total. The van der Waals surface area contributed by atoms with Crippen LogP contribution in [-0.4, -0.2) is 40.4 Å². The van der Waals surface area contributed by atoms with Crippen molar-refractivity contribution >= 4 is 28.3 Å². The van der Waals surface area contributed by atoms with Crippen LogP contribution in [0.3, 0.4) is 0 Å². The maximum atomic E-state index is 9.54. The van der Waals surface area contributed by atoms with E-state index in [-0.39, 0.29) is 24.0 Å². The normalized spacial score (nSPS) is 18.4. The molecule has 0 saturated carbocycles. The average molecular weight is 322 g/mol. The molecule has 0 aliphatic carbocycles. The van der Waals surface area contributed by atoms with Gasteiger partial charge in [0.05, 0.1) is 24.3 Å². The number of nitrogens with zero attached hydrogens (tertiary/aromatic N) is 3. The molecule has 3 rings (SSSR count). The summed E-state index contributed by atoms with van der Waals surface area (Å²) in [5.74, 6) is 1.56. The Balaban J connectivity index is 2.06. The van der Waals surface area contributed by atoms with Gasteiger partial charge < -0.3 is 14.7 Å². The smallest absolute Gasteiger partial charge is 0.224 e. The van der Waals surface area contributed by atoms with Gasteiger partial charge in [0.2, 0.25) is 5.28 Å². The molecule has 0 amide bonds. The van der Waals surface area contributed by atoms with Gasteiger partial charge in [0, 0.05) is 18.0 Å². The number of hydrogen-bond donors (Lipinski definition) is 1. The Hall–Kier alpha value is -1.59. The van der Waals surface area contributed by atoms with E-state index < -0.39 is 0 Å². The molecule has 0 bridgehead atoms. The van der Waals surface area contributed by atoms with Crippen molar-refractivity contribution in [2.75, 3.05) is 18.1 Å². The lowest BCUT2D eigenvalue weighted by Crippen LogP contribution is -2.33. The van der Waals surface area contributed by atoms with Gasteiger partial charge in [-0.3, -0.25) is 0 Å². The summed E-state index contributed by atoms with van der Waals surface area (Å²) in [6.07, 6.45) is 2.11. The number of halogens is 1. The quantitative estimate of drug-likeness (QED) is 0.877. The molecule has 1 fully saturated rings. The molecule has 0 radical (unpaired) electrons. The van der Waals surface area contributed by atoms with Crippen molar-refractivity contribution in [3.05, 3.63) is 23.5 Å². The molecule has 22 heavy (non-hydrogen) atoms. The standard InChI is InChI=1S/C16H20ClN3O2/c1-10(2)22-12-5-6-13-14(8-12)18-16(17)19-15(13)20-7-3-4-11(20)9-21/h5-6,8,10-11,21H,3-4,7,9H2,1-2H3/t11-/m1/s1. The predicted molar refractivity (Wildman–Crippen MR) is 87.8 cm³/mol. The molecule has 1 atom stereocenters. The average Bonchev–Trinajstić information content (AvgIpc) is 2.93. The fourth-order valence-electron chi connectivity index (χ4n) is 2.93. The summed E-state index contributed by atoms with van der Waals surface area (Å²) in [5, 5.41) is 10.7. The van der Waals surface area contributed by atoms with Crippen LogP contribution >= 0.6 is 11.6 Å². The van der Waals surface area contributed by atoms with Crippen molar-refractivity contribution in [3.8, 4) is 5.75 Å². The molecule has 1 saturated heterocycles. The van der Waals surface area contributed by atoms with Crippen molar-refractivity contribution in [1.82, 2.24) is 9.97 Å². The zero-order chi connectivity index (χ0) is 15.7. The fraction of sp³-hybridized carbons (Fsp3) is 0.500. The molecule has 5 nitrogen and oxygen atoms in total. The molecule has 1 aromatic carbocycles. The zero-order valence-electron chi connectivity index (χ0n) is 12.8. The minimum Gasteiger partial charge on any atom is -0.491 e. The van der Waals surface area contributed by atoms with Gasteiger partial charge >= 0.3 is 0 Å². The van der Waals surface area contributed by atoms with Crippen molar-refractivity contribution < 1.29 is 9.84 Å². The highest BCUT2D eigenvalue weighted by atomic mass is 35.5. The van der Waals surface area contributed by atoms with Gasteiger partial charge in [0.25, 0.3) is 0 Å². The molecule has 2 aromatic rings. The van der Waals surface area contributed by atoms with Crippen molar-refractivity contribution in [1.29, 1.82) is 0 Å². The predicted octanol–water partition coefficient (Wildman–Crippen LogP) is 3.03. The molecule has 0 spiro atoms. The first-order valence-electron chi connectivity index (χ1n) is 7.60. The zero-order valence-corrected chi connectivity index (χ0v) is 13.5. The minimum atomic E-state index is 0.0979. The van der Waals surface area contributed by atoms with Crippen LogP contribution in [-0.2, 0) is 0 Å². The fourth-order valence-corrected chi connectivity index (χ4v) is 3.10. The highest BCUT2D eigenvalue weighted by Crippen LogP contribution is 2.32. The van der Waals surface area contributed by atoms with E-state index in [1.54, 1.807) is 0 Å². The summed E-state index contributed by atoms with van der Waals surface area (Å²) in [7, 11) is 0. The van der Waals surface area contributed by atoms with Crippen LogP contribution in [0, 0.1) is 0 Å². The first kappa shape index (κ1) is 15.3. The second-order valence-electron chi connectivity index (χ2n) is 5.83. The van der Waals surface area contributed by atoms with Gasteiger partial charge in [0.1, 0.15) is 11.6 Å². The van der Waals surface area contributed by atoms with E-state index in [2.05, 4.69) is 14.9 Å². The number of rotatable bonds is 4. The molecule has 6 heteroatoms. The van der Waals surface area contributed by atoms with E-state index >= 15 is 0 Å². The summed E-state index contributed by atoms with van der Waals surface area (Å²) in [6.45, 7) is 4.97. The molecule has 0 unspecified atom stereocenters. The number of fused-ring (bicyclic) bond motifs is 1. The van der Waals surface area contributed by atoms with E-state index in [1.807, 2.05) is 32.0 Å². The van der Waals surface area contributed by atoms with Crippen LogP contribution in [0.15, 0.2) is 18.2 Å². The molecular weight excluding hydrogens is 302 g/mol. The molecular formula is C16H20ClN3O2. The van der Waals surface area contributed by atoms with Gasteiger partial charge in [-0.25, -0.2) is 4.98 Å². The Morgan fingerprint density at radius 2 is 2.23 bits per heavy atom. The molecule has 1 aliphatic heterocycles. The summed E-state index contributed by atoms with van der Waals surface area (Å²) in [4.78, 5) is 10.8. The van der Waals surface area contributed by atoms with E-state index in [0.717, 1.165) is 41.9 Å². The minimum absolute atomic E-state index is 0.0979. The highest BCUT2D eigenvalue weighted by molar-refractivity contribution is 6.28. The molecule has 2 heterocycles. The lowest BCUT2D eigenvalue weighted by atomic mass is 10.2. The third-order valence-corrected chi connectivity index (χ3v) is 4.02. The van der Waals surface area contributed by atoms with Crippen LogP contribution in [0.4, 0.5) is 5.82 Å². The second-order valence-corrected chi connectivity index (χ2v) is 6.17. The molecule has 118 valence electrons. The Morgan fingerprint density at radius 1 is 1.41 bits per heavy atom. The van der Waals surface area contributed by atoms with E-state index in [9.17, 15) is 5.11 Å². The SMILES string of the molecule is CC(C)Oc1ccc2c(N3CCC[C@@H]3CO)nc(Cl)nc2c1. The number of aliphatic hydroxyl groups excluding tert-OH is 1. The molecule has 1 aromatic heterocycles. The van der Waals surface area contributed by atoms with Gasteiger partial charge in [-0.05, 0) is 50.4 Å². The first-order valence-corrected chi connectivity index (χ1v) is 7.97. The highest BCUT2D eigenvalue weighted by Gasteiger charge is 2.27. The van der Waals surface area contributed by atoms with Crippen molar-refractivity contribution in [3.63, 3.8) is 0 Å². The van der Waals surface area contributed by atoms with Crippen LogP contribution < -0.4 is 9.64 Å². The summed E-state index contributed by atoms with van der Waals surface area (Å²) in [5.41, 5.74) is 0.761. The molecule has 1 aliphatic rings. The lowest BCUT2D eigenvalue weighted by Gasteiger charge is -2.25. The summed E-state index contributed by atoms with van der Waals surface area (Å²) >= 11 is 6.10. The van der Waals surface area contributed by atoms with Crippen LogP contribution in [0.25, 0.3) is 10.9 Å². The third kappa shape index (κ3) is 2.96. The van der Waals surface area contributed by atoms with Gasteiger partial charge in [-0.1, -0.05) is 0 Å². The number of anilines is 1. The number of benzene rings is 1. The summed E-state index contributed by atoms with van der Waals surface area (Å²) in [6, 6.07) is 5.87. The first-order chi connectivity index (χ1) is 10.6. The van der Waals surface area contributed by atoms with E-state index in [1.165, 1.54) is 0 Å². The number of aliphatic hydroxyl groups is 1. The Morgan fingerprint density at radius 3 is 2.95 bits per heavy atom. The summed E-state index contributed by atoms with van der Waals surface area (Å²) < 4.78 is 5.71. The maximum Gasteiger partial charge on any atom is 0.224 e. The van der Waals surface area contributed by atoms with Crippen LogP contribution in [0.1, 0.15) is 26.7 Å². The van der Waals surface area contributed by atoms with Crippen molar-refractivity contribution in [2.24, 2.45) is 0 Å². The number of ether oxygens (including phenoxy) is 1. The van der Waals surface area contributed by atoms with Crippen molar-refractivity contribution in [2.45, 2.75) is 38.8 Å². The Labute approximate surface area is 134 Å². The van der Waals surface area contributed by atoms with Gasteiger partial charge in [-0.2, -0.15) is 4.98 Å². The lowest BCUT2D eigenvalue weighted by molar-refractivity contribution is 0.242. The van der Waals surface area contributed by atoms with Crippen LogP contribution in [0.2, 0.25) is 5.28 Å². The topological polar surface area (TPSA) is 58.5 Å². The number of aromatic nitrogens is 2. The van der Waals surface area contributed by atoms with Crippen LogP contribution in [0.5, 0.6) is 5.75 Å². The monoisotopic (exact) mass is 321 g/mol. The largest absolute Gasteiger partial charge is 0.491 e. The Kier molecular flexibility index (Phi) is 4.36. The Bertz CT molecular complexity index is 678. The van der Waals surface area contributed by atoms with E-state index in [4.69, 9.17) is 16.3 Å². The van der Waals surface area contributed by atoms with Gasteiger partial charge in [0.15, 0.2) is 0 Å². The second kappa shape index (κ2) is 6.26. The third-order valence-electron chi connectivity index (χ3n) is 3.85. The number of hydrogen-bond acceptors (Lipinski definition) is 5. The van der Waals surface area contributed by atoms with Gasteiger partial charge in [-0.15, -0.1) is 0 Å². The maximum absolute atomic E-state index is 9.54. The van der Waals surface area contributed by atoms with E-state index in [0.29, 0.717) is 0 Å².